The number of thioether (sulfide) groups is 1. The highest BCUT2D eigenvalue weighted by Crippen LogP contribution is 2.34. The Labute approximate surface area is 175 Å². The van der Waals surface area contributed by atoms with Gasteiger partial charge in [0.25, 0.3) is 0 Å². The van der Waals surface area contributed by atoms with Crippen molar-refractivity contribution < 1.29 is 4.74 Å². The van der Waals surface area contributed by atoms with E-state index < -0.39 is 0 Å². The molecule has 0 bridgehead atoms. The van der Waals surface area contributed by atoms with Crippen molar-refractivity contribution in [2.24, 2.45) is 0 Å². The van der Waals surface area contributed by atoms with Crippen molar-refractivity contribution in [3.05, 3.63) is 59.7 Å². The summed E-state index contributed by atoms with van der Waals surface area (Å²) in [5.41, 5.74) is 2.62. The van der Waals surface area contributed by atoms with Crippen LogP contribution in [0.4, 0.5) is 5.95 Å². The molecule has 0 amide bonds. The minimum atomic E-state index is 0.650. The van der Waals surface area contributed by atoms with Crippen molar-refractivity contribution in [2.45, 2.75) is 30.2 Å². The highest BCUT2D eigenvalue weighted by Gasteiger charge is 2.23. The third-order valence-electron chi connectivity index (χ3n) is 5.08. The molecule has 0 unspecified atom stereocenters. The summed E-state index contributed by atoms with van der Waals surface area (Å²) in [6.07, 6.45) is 3.58. The number of methoxy groups -OCH3 is 1. The number of nitriles is 1. The second-order valence-corrected chi connectivity index (χ2v) is 7.84. The monoisotopic (exact) mass is 405 g/mol. The Balaban J connectivity index is 1.72. The summed E-state index contributed by atoms with van der Waals surface area (Å²) in [6.45, 7) is 1.96. The molecule has 148 valence electrons. The molecule has 1 saturated heterocycles. The van der Waals surface area contributed by atoms with E-state index in [0.717, 1.165) is 54.0 Å². The zero-order valence-corrected chi connectivity index (χ0v) is 17.2. The van der Waals surface area contributed by atoms with Crippen LogP contribution >= 0.6 is 11.8 Å². The second kappa shape index (κ2) is 9.01. The summed E-state index contributed by atoms with van der Waals surface area (Å²) in [4.78, 5) is 2.30. The molecule has 1 aliphatic rings. The van der Waals surface area contributed by atoms with Gasteiger partial charge in [-0.25, -0.2) is 0 Å². The van der Waals surface area contributed by atoms with E-state index in [1.807, 2.05) is 48.5 Å². The molecule has 0 radical (unpaired) electrons. The van der Waals surface area contributed by atoms with E-state index in [1.165, 1.54) is 6.42 Å². The molecule has 0 atom stereocenters. The lowest BCUT2D eigenvalue weighted by Crippen LogP contribution is -2.31. The molecule has 0 N–H and O–H groups in total. The van der Waals surface area contributed by atoms with Crippen molar-refractivity contribution in [1.29, 1.82) is 5.26 Å². The molecular weight excluding hydrogens is 382 g/mol. The van der Waals surface area contributed by atoms with Gasteiger partial charge in [0.05, 0.1) is 24.4 Å². The molecule has 1 aliphatic heterocycles. The van der Waals surface area contributed by atoms with Gasteiger partial charge in [0.1, 0.15) is 5.75 Å². The highest BCUT2D eigenvalue weighted by molar-refractivity contribution is 7.98. The predicted octanol–water partition coefficient (Wildman–Crippen LogP) is 4.43. The number of aromatic nitrogens is 3. The first-order valence-electron chi connectivity index (χ1n) is 9.76. The lowest BCUT2D eigenvalue weighted by atomic mass is 10.1. The van der Waals surface area contributed by atoms with E-state index in [0.29, 0.717) is 11.3 Å². The Bertz CT molecular complexity index is 1020. The van der Waals surface area contributed by atoms with Gasteiger partial charge in [-0.15, -0.1) is 10.2 Å². The second-order valence-electron chi connectivity index (χ2n) is 6.90. The van der Waals surface area contributed by atoms with Crippen molar-refractivity contribution >= 4 is 17.7 Å². The average Bonchev–Trinajstić information content (AvgIpc) is 3.22. The van der Waals surface area contributed by atoms with Crippen LogP contribution in [0.25, 0.3) is 5.69 Å². The number of hydrogen-bond acceptors (Lipinski definition) is 6. The quantitative estimate of drug-likeness (QED) is 0.565. The minimum absolute atomic E-state index is 0.650. The molecule has 1 aromatic heterocycles. The van der Waals surface area contributed by atoms with Gasteiger partial charge in [0.15, 0.2) is 5.16 Å². The smallest absolute Gasteiger partial charge is 0.232 e. The third kappa shape index (κ3) is 4.08. The van der Waals surface area contributed by atoms with Crippen LogP contribution in [0.5, 0.6) is 5.75 Å². The van der Waals surface area contributed by atoms with Gasteiger partial charge >= 0.3 is 0 Å². The minimum Gasteiger partial charge on any atom is -0.495 e. The fraction of sp³-hybridized carbons (Fsp3) is 0.318. The van der Waals surface area contributed by atoms with Crippen LogP contribution in [0.3, 0.4) is 0 Å². The molecule has 1 fully saturated rings. The van der Waals surface area contributed by atoms with Crippen LogP contribution in [-0.4, -0.2) is 35.0 Å². The Morgan fingerprint density at radius 2 is 1.79 bits per heavy atom. The summed E-state index contributed by atoms with van der Waals surface area (Å²) >= 11 is 1.58. The molecule has 29 heavy (non-hydrogen) atoms. The Kier molecular flexibility index (Phi) is 6.01. The normalized spacial score (nSPS) is 13.9. The van der Waals surface area contributed by atoms with E-state index in [4.69, 9.17) is 4.74 Å². The predicted molar refractivity (Wildman–Crippen MR) is 115 cm³/mol. The van der Waals surface area contributed by atoms with E-state index in [-0.39, 0.29) is 0 Å². The number of benzene rings is 2. The molecule has 4 rings (SSSR count). The van der Waals surface area contributed by atoms with Gasteiger partial charge in [-0.3, -0.25) is 4.57 Å². The molecule has 0 spiro atoms. The molecular formula is C22H23N5OS. The van der Waals surface area contributed by atoms with Crippen LogP contribution in [0.2, 0.25) is 0 Å². The third-order valence-corrected chi connectivity index (χ3v) is 6.05. The van der Waals surface area contributed by atoms with Crippen LogP contribution in [0, 0.1) is 11.3 Å². The first kappa shape index (κ1) is 19.3. The maximum atomic E-state index is 9.38. The fourth-order valence-electron chi connectivity index (χ4n) is 3.58. The maximum absolute atomic E-state index is 9.38. The topological polar surface area (TPSA) is 67.0 Å². The van der Waals surface area contributed by atoms with Gasteiger partial charge in [-0.05, 0) is 43.0 Å². The van der Waals surface area contributed by atoms with Crippen LogP contribution < -0.4 is 9.64 Å². The summed E-state index contributed by atoms with van der Waals surface area (Å²) in [5.74, 6) is 2.28. The van der Waals surface area contributed by atoms with Crippen molar-refractivity contribution in [2.75, 3.05) is 25.1 Å². The van der Waals surface area contributed by atoms with Gasteiger partial charge in [-0.2, -0.15) is 5.26 Å². The van der Waals surface area contributed by atoms with E-state index in [2.05, 4.69) is 25.7 Å². The maximum Gasteiger partial charge on any atom is 0.232 e. The zero-order valence-electron chi connectivity index (χ0n) is 16.4. The summed E-state index contributed by atoms with van der Waals surface area (Å²) in [7, 11) is 1.68. The van der Waals surface area contributed by atoms with E-state index >= 15 is 0 Å². The number of anilines is 1. The van der Waals surface area contributed by atoms with E-state index in [9.17, 15) is 5.26 Å². The molecule has 3 aromatic rings. The summed E-state index contributed by atoms with van der Waals surface area (Å²) in [6, 6.07) is 17.9. The van der Waals surface area contributed by atoms with Crippen LogP contribution in [-0.2, 0) is 5.75 Å². The number of ether oxygens (including phenoxy) is 1. The number of rotatable bonds is 6. The number of nitrogens with zero attached hydrogens (tertiary/aromatic N) is 5. The lowest BCUT2D eigenvalue weighted by Gasteiger charge is -2.28. The van der Waals surface area contributed by atoms with E-state index in [1.54, 1.807) is 18.9 Å². The molecule has 7 heteroatoms. The number of hydrogen-bond donors (Lipinski definition) is 0. The Morgan fingerprint density at radius 3 is 2.59 bits per heavy atom. The largest absolute Gasteiger partial charge is 0.495 e. The first-order chi connectivity index (χ1) is 14.3. The first-order valence-corrected chi connectivity index (χ1v) is 10.7. The van der Waals surface area contributed by atoms with Crippen molar-refractivity contribution in [3.63, 3.8) is 0 Å². The molecule has 2 aromatic carbocycles. The highest BCUT2D eigenvalue weighted by atomic mass is 32.2. The zero-order chi connectivity index (χ0) is 20.1. The molecule has 0 saturated carbocycles. The van der Waals surface area contributed by atoms with Gasteiger partial charge in [-0.1, -0.05) is 42.1 Å². The molecule has 2 heterocycles. The average molecular weight is 406 g/mol. The fourth-order valence-corrected chi connectivity index (χ4v) is 4.52. The Hall–Kier alpha value is -2.98. The van der Waals surface area contributed by atoms with Crippen LogP contribution in [0.1, 0.15) is 30.4 Å². The lowest BCUT2D eigenvalue weighted by molar-refractivity contribution is 0.412. The van der Waals surface area contributed by atoms with Gasteiger partial charge < -0.3 is 9.64 Å². The van der Waals surface area contributed by atoms with Crippen molar-refractivity contribution in [1.82, 2.24) is 14.8 Å². The number of piperidine rings is 1. The standard InChI is InChI=1S/C22H23N5OS/c1-28-20-12-6-5-11-19(20)27-21(26-13-7-2-8-14-26)24-25-22(27)29-16-18-10-4-3-9-17(18)15-23/h3-6,9-12H,2,7-8,13-14,16H2,1H3. The van der Waals surface area contributed by atoms with Gasteiger partial charge in [0.2, 0.25) is 5.95 Å². The summed E-state index contributed by atoms with van der Waals surface area (Å²) in [5, 5.41) is 19.2. The molecule has 6 nitrogen and oxygen atoms in total. The Morgan fingerprint density at radius 1 is 1.03 bits per heavy atom. The molecule has 0 aliphatic carbocycles. The van der Waals surface area contributed by atoms with Gasteiger partial charge in [0, 0.05) is 18.8 Å². The SMILES string of the molecule is COc1ccccc1-n1c(SCc2ccccc2C#N)nnc1N1CCCCC1. The number of para-hydroxylation sites is 2. The van der Waals surface area contributed by atoms with Crippen molar-refractivity contribution in [3.8, 4) is 17.5 Å². The van der Waals surface area contributed by atoms with Crippen LogP contribution in [0.15, 0.2) is 53.7 Å². The summed E-state index contributed by atoms with van der Waals surface area (Å²) < 4.78 is 7.71.